The number of rotatable bonds is 3. The fourth-order valence-electron chi connectivity index (χ4n) is 2.02. The van der Waals surface area contributed by atoms with Gasteiger partial charge in [-0.3, -0.25) is 4.90 Å². The molecule has 6 heteroatoms. The minimum Gasteiger partial charge on any atom is -0.367 e. The first-order valence-electron chi connectivity index (χ1n) is 6.04. The molecule has 0 aliphatic carbocycles. The maximum absolute atomic E-state index is 8.64. The number of anilines is 1. The van der Waals surface area contributed by atoms with Crippen molar-refractivity contribution >= 4 is 5.82 Å². The van der Waals surface area contributed by atoms with Crippen LogP contribution in [0.4, 0.5) is 5.82 Å². The van der Waals surface area contributed by atoms with E-state index in [9.17, 15) is 0 Å². The molecule has 0 spiro atoms. The second kappa shape index (κ2) is 5.76. The fourth-order valence-corrected chi connectivity index (χ4v) is 2.02. The van der Waals surface area contributed by atoms with Crippen molar-refractivity contribution in [2.24, 2.45) is 0 Å². The van der Waals surface area contributed by atoms with E-state index in [-0.39, 0.29) is 0 Å². The van der Waals surface area contributed by atoms with Crippen LogP contribution in [0.3, 0.4) is 0 Å². The fraction of sp³-hybridized carbons (Fsp3) is 0.583. The van der Waals surface area contributed by atoms with Crippen LogP contribution >= 0.6 is 0 Å². The molecular weight excluding hydrogens is 228 g/mol. The number of likely N-dealkylation sites (N-methyl/N-ethyl adjacent to an activating group) is 2. The first-order valence-corrected chi connectivity index (χ1v) is 6.04. The van der Waals surface area contributed by atoms with Gasteiger partial charge < -0.3 is 10.2 Å². The Morgan fingerprint density at radius 3 is 2.89 bits per heavy atom. The van der Waals surface area contributed by atoms with E-state index in [0.29, 0.717) is 11.7 Å². The number of hydrogen-bond acceptors (Lipinski definition) is 6. The lowest BCUT2D eigenvalue weighted by atomic mass is 10.2. The van der Waals surface area contributed by atoms with Crippen molar-refractivity contribution in [3.05, 3.63) is 18.1 Å². The van der Waals surface area contributed by atoms with E-state index in [1.54, 1.807) is 6.20 Å². The second-order valence-corrected chi connectivity index (χ2v) is 4.68. The average molecular weight is 246 g/mol. The molecule has 2 heterocycles. The van der Waals surface area contributed by atoms with E-state index in [0.717, 1.165) is 32.0 Å². The number of aromatic nitrogens is 2. The summed E-state index contributed by atoms with van der Waals surface area (Å²) in [6.45, 7) is 4.08. The van der Waals surface area contributed by atoms with Gasteiger partial charge in [-0.1, -0.05) is 0 Å². The van der Waals surface area contributed by atoms with E-state index < -0.39 is 0 Å². The molecule has 0 amide bonds. The Hall–Kier alpha value is -1.71. The monoisotopic (exact) mass is 246 g/mol. The van der Waals surface area contributed by atoms with Gasteiger partial charge in [0.2, 0.25) is 0 Å². The highest BCUT2D eigenvalue weighted by Gasteiger charge is 2.21. The first kappa shape index (κ1) is 12.7. The zero-order chi connectivity index (χ0) is 13.0. The highest BCUT2D eigenvalue weighted by atomic mass is 15.3. The van der Waals surface area contributed by atoms with Crippen LogP contribution < -0.4 is 5.32 Å². The number of hydrogen-bond donors (Lipinski definition) is 1. The van der Waals surface area contributed by atoms with Crippen LogP contribution in [0.2, 0.25) is 0 Å². The molecule has 1 aromatic heterocycles. The Bertz CT molecular complexity index is 423. The summed E-state index contributed by atoms with van der Waals surface area (Å²) in [5, 5.41) is 11.9. The lowest BCUT2D eigenvalue weighted by molar-refractivity contribution is 0.122. The number of piperazine rings is 1. The quantitative estimate of drug-likeness (QED) is 0.810. The predicted molar refractivity (Wildman–Crippen MR) is 69.2 cm³/mol. The van der Waals surface area contributed by atoms with E-state index in [1.807, 2.05) is 6.07 Å². The van der Waals surface area contributed by atoms with Gasteiger partial charge >= 0.3 is 0 Å². The van der Waals surface area contributed by atoms with E-state index in [1.165, 1.54) is 6.20 Å². The summed E-state index contributed by atoms with van der Waals surface area (Å²) in [7, 11) is 4.28. The Balaban J connectivity index is 1.88. The molecule has 0 aromatic carbocycles. The van der Waals surface area contributed by atoms with Gasteiger partial charge in [0.1, 0.15) is 11.9 Å². The summed E-state index contributed by atoms with van der Waals surface area (Å²) in [6.07, 6.45) is 3.09. The molecule has 1 unspecified atom stereocenters. The molecule has 96 valence electrons. The molecular formula is C12H18N6. The van der Waals surface area contributed by atoms with Crippen LogP contribution in [-0.4, -0.2) is 66.1 Å². The van der Waals surface area contributed by atoms with Crippen molar-refractivity contribution in [1.29, 1.82) is 5.26 Å². The Morgan fingerprint density at radius 1 is 1.39 bits per heavy atom. The van der Waals surface area contributed by atoms with Crippen molar-refractivity contribution in [2.75, 3.05) is 45.6 Å². The molecule has 2 rings (SSSR count). The largest absolute Gasteiger partial charge is 0.367 e. The molecule has 1 saturated heterocycles. The third kappa shape index (κ3) is 3.15. The summed E-state index contributed by atoms with van der Waals surface area (Å²) in [4.78, 5) is 12.8. The summed E-state index contributed by atoms with van der Waals surface area (Å²) in [5.41, 5.74) is 0.343. The van der Waals surface area contributed by atoms with E-state index >= 15 is 0 Å². The molecule has 1 N–H and O–H groups in total. The molecule has 1 aliphatic heterocycles. The summed E-state index contributed by atoms with van der Waals surface area (Å²) in [6, 6.07) is 2.43. The summed E-state index contributed by atoms with van der Waals surface area (Å²) < 4.78 is 0. The van der Waals surface area contributed by atoms with Gasteiger partial charge in [-0.25, -0.2) is 9.97 Å². The maximum Gasteiger partial charge on any atom is 0.158 e. The third-order valence-corrected chi connectivity index (χ3v) is 3.27. The van der Waals surface area contributed by atoms with Crippen LogP contribution in [0, 0.1) is 11.3 Å². The lowest BCUT2D eigenvalue weighted by Crippen LogP contribution is -2.52. The van der Waals surface area contributed by atoms with Crippen LogP contribution in [0.1, 0.15) is 5.69 Å². The van der Waals surface area contributed by atoms with Crippen molar-refractivity contribution < 1.29 is 0 Å². The van der Waals surface area contributed by atoms with Gasteiger partial charge in [0.25, 0.3) is 0 Å². The molecule has 1 aromatic rings. The van der Waals surface area contributed by atoms with Crippen molar-refractivity contribution in [1.82, 2.24) is 19.8 Å². The van der Waals surface area contributed by atoms with E-state index in [2.05, 4.69) is 39.2 Å². The average Bonchev–Trinajstić information content (AvgIpc) is 2.40. The van der Waals surface area contributed by atoms with Gasteiger partial charge in [0.15, 0.2) is 5.69 Å². The van der Waals surface area contributed by atoms with Crippen LogP contribution in [0.5, 0.6) is 0 Å². The zero-order valence-electron chi connectivity index (χ0n) is 10.8. The minimum atomic E-state index is 0.343. The standard InChI is InChI=1S/C12H18N6/c1-17-3-4-18(2)11(9-17)7-16-12-8-14-10(5-13)6-15-12/h6,8,11H,3-4,7,9H2,1-2H3,(H,15,16). The van der Waals surface area contributed by atoms with Gasteiger partial charge in [-0.05, 0) is 14.1 Å². The lowest BCUT2D eigenvalue weighted by Gasteiger charge is -2.37. The predicted octanol–water partition coefficient (Wildman–Crippen LogP) is 0.00598. The molecule has 1 fully saturated rings. The molecule has 6 nitrogen and oxygen atoms in total. The van der Waals surface area contributed by atoms with Crippen molar-refractivity contribution in [3.8, 4) is 6.07 Å². The summed E-state index contributed by atoms with van der Waals surface area (Å²) >= 11 is 0. The highest BCUT2D eigenvalue weighted by molar-refractivity contribution is 5.33. The summed E-state index contributed by atoms with van der Waals surface area (Å²) in [5.74, 6) is 0.718. The Labute approximate surface area is 107 Å². The molecule has 0 bridgehead atoms. The topological polar surface area (TPSA) is 68.1 Å². The highest BCUT2D eigenvalue weighted by Crippen LogP contribution is 2.07. The SMILES string of the molecule is CN1CCN(C)C(CNc2cnc(C#N)cn2)C1. The second-order valence-electron chi connectivity index (χ2n) is 4.68. The van der Waals surface area contributed by atoms with Gasteiger partial charge in [0.05, 0.1) is 12.4 Å². The third-order valence-electron chi connectivity index (χ3n) is 3.27. The van der Waals surface area contributed by atoms with Crippen LogP contribution in [0.15, 0.2) is 12.4 Å². The Kier molecular flexibility index (Phi) is 4.07. The maximum atomic E-state index is 8.64. The van der Waals surface area contributed by atoms with Crippen molar-refractivity contribution in [2.45, 2.75) is 6.04 Å². The zero-order valence-corrected chi connectivity index (χ0v) is 10.8. The Morgan fingerprint density at radius 2 is 2.22 bits per heavy atom. The molecule has 0 saturated carbocycles. The number of nitriles is 1. The van der Waals surface area contributed by atoms with Gasteiger partial charge in [0, 0.05) is 32.2 Å². The van der Waals surface area contributed by atoms with E-state index in [4.69, 9.17) is 5.26 Å². The van der Waals surface area contributed by atoms with Crippen LogP contribution in [0.25, 0.3) is 0 Å². The molecule has 1 atom stereocenters. The smallest absolute Gasteiger partial charge is 0.158 e. The first-order chi connectivity index (χ1) is 8.69. The van der Waals surface area contributed by atoms with Crippen molar-refractivity contribution in [3.63, 3.8) is 0 Å². The number of nitrogens with one attached hydrogen (secondary N) is 1. The molecule has 0 radical (unpaired) electrons. The van der Waals surface area contributed by atoms with Gasteiger partial charge in [-0.15, -0.1) is 0 Å². The number of nitrogens with zero attached hydrogens (tertiary/aromatic N) is 5. The molecule has 18 heavy (non-hydrogen) atoms. The minimum absolute atomic E-state index is 0.343. The molecule has 1 aliphatic rings. The normalized spacial score (nSPS) is 21.5. The van der Waals surface area contributed by atoms with Gasteiger partial charge in [-0.2, -0.15) is 5.26 Å². The van der Waals surface area contributed by atoms with Crippen LogP contribution in [-0.2, 0) is 0 Å².